The van der Waals surface area contributed by atoms with Crippen LogP contribution in [0.5, 0.6) is 0 Å². The Labute approximate surface area is 573 Å². The third-order valence-electron chi connectivity index (χ3n) is 20.7. The maximum atomic E-state index is 5.46. The molecule has 0 saturated carbocycles. The van der Waals surface area contributed by atoms with E-state index >= 15 is 0 Å². The van der Waals surface area contributed by atoms with Gasteiger partial charge in [-0.05, 0) is 102 Å². The van der Waals surface area contributed by atoms with Gasteiger partial charge >= 0.3 is 0 Å². The van der Waals surface area contributed by atoms with Gasteiger partial charge in [0.25, 0.3) is 0 Å². The molecular weight excluding hydrogens is 1230 g/mol. The van der Waals surface area contributed by atoms with E-state index in [9.17, 15) is 0 Å². The Morgan fingerprint density at radius 2 is 0.778 bits per heavy atom. The zero-order chi connectivity index (χ0) is 65.2. The highest BCUT2D eigenvalue weighted by molar-refractivity contribution is 8.00. The number of benzene rings is 11. The molecule has 11 aromatic carbocycles. The lowest BCUT2D eigenvalue weighted by Gasteiger charge is -2.39. The van der Waals surface area contributed by atoms with Crippen molar-refractivity contribution in [3.8, 4) is 39.3 Å². The van der Waals surface area contributed by atoms with E-state index in [1.165, 1.54) is 104 Å². The fourth-order valence-electron chi connectivity index (χ4n) is 16.5. The standard InChI is InChI=1S/C52H31N5S.C37H26N4/c1-3-14-32(15-4-1)48-39-21-9-11-22-41(39)53-52(54-48)57-45-29-27-34(33-26-28-44-40(30-33)37-19-10-12-23-42(37)55(44)35-16-5-2-6-17-35)31-47(45)58-51-49-38-20-8-7-18-36(38)43-24-13-25-46(50(51)57)56(43)49;1-37(2)27-18-9-11-20-30(27)41(36-38-28-19-10-8-17-26(28)33(39-36)23-13-4-3-5-14-23)35-32(37)31-22-12-21-29-24-15-6-7-16-25(24)34(35)40(29)31/h1-31H;3-22H,1-2H3. The minimum atomic E-state index is -0.226. The normalized spacial score (nSPS) is 13.4. The van der Waals surface area contributed by atoms with Gasteiger partial charge < -0.3 is 13.4 Å². The highest BCUT2D eigenvalue weighted by Gasteiger charge is 2.43. The largest absolute Gasteiger partial charge is 0.309 e. The van der Waals surface area contributed by atoms with E-state index in [2.05, 4.69) is 340 Å². The molecule has 0 atom stereocenters. The molecule has 11 heterocycles. The molecule has 22 rings (SSSR count). The molecule has 0 unspecified atom stereocenters. The van der Waals surface area contributed by atoms with Gasteiger partial charge in [0.2, 0.25) is 11.9 Å². The van der Waals surface area contributed by atoms with Crippen LogP contribution in [0.4, 0.5) is 34.6 Å². The first-order valence-corrected chi connectivity index (χ1v) is 34.5. The van der Waals surface area contributed by atoms with Gasteiger partial charge in [-0.25, -0.2) is 19.9 Å². The smallest absolute Gasteiger partial charge is 0.235 e. The second-order valence-electron chi connectivity index (χ2n) is 26.5. The maximum absolute atomic E-state index is 5.46. The van der Waals surface area contributed by atoms with Gasteiger partial charge in [0.15, 0.2) is 0 Å². The molecule has 9 aromatic heterocycles. The minimum Gasteiger partial charge on any atom is -0.309 e. The lowest BCUT2D eigenvalue weighted by Crippen LogP contribution is -2.30. The van der Waals surface area contributed by atoms with Crippen molar-refractivity contribution in [3.63, 3.8) is 0 Å². The van der Waals surface area contributed by atoms with Crippen molar-refractivity contribution in [2.24, 2.45) is 0 Å². The highest BCUT2D eigenvalue weighted by Crippen LogP contribution is 2.60. The van der Waals surface area contributed by atoms with Crippen LogP contribution in [0.3, 0.4) is 0 Å². The number of para-hydroxylation sites is 5. The molecule has 2 aliphatic heterocycles. The fourth-order valence-corrected chi connectivity index (χ4v) is 17.7. The topological polar surface area (TPSA) is 71.8 Å². The van der Waals surface area contributed by atoms with Crippen molar-refractivity contribution < 1.29 is 0 Å². The zero-order valence-electron chi connectivity index (χ0n) is 53.9. The summed E-state index contributed by atoms with van der Waals surface area (Å²) in [5.41, 5.74) is 25.8. The Hall–Kier alpha value is -12.6. The molecule has 99 heavy (non-hydrogen) atoms. The number of nitrogens with zero attached hydrogens (tertiary/aromatic N) is 9. The number of fused-ring (bicyclic) bond motifs is 19. The van der Waals surface area contributed by atoms with Gasteiger partial charge in [-0.3, -0.25) is 9.80 Å². The van der Waals surface area contributed by atoms with Crippen LogP contribution in [-0.2, 0) is 5.41 Å². The molecule has 2 aliphatic rings. The van der Waals surface area contributed by atoms with Crippen LogP contribution in [0, 0.1) is 0 Å². The molecule has 0 N–H and O–H groups in total. The molecule has 0 radical (unpaired) electrons. The molecule has 10 heteroatoms. The first-order valence-electron chi connectivity index (χ1n) is 33.7. The summed E-state index contributed by atoms with van der Waals surface area (Å²) in [6.07, 6.45) is 0. The van der Waals surface area contributed by atoms with Gasteiger partial charge in [-0.1, -0.05) is 250 Å². The number of hydrogen-bond acceptors (Lipinski definition) is 7. The molecular formula is C89H57N9S. The number of rotatable bonds is 6. The maximum Gasteiger partial charge on any atom is 0.235 e. The van der Waals surface area contributed by atoms with E-state index < -0.39 is 0 Å². The number of anilines is 6. The van der Waals surface area contributed by atoms with Crippen LogP contribution in [0.2, 0.25) is 0 Å². The molecule has 0 aliphatic carbocycles. The van der Waals surface area contributed by atoms with E-state index in [0.29, 0.717) is 11.9 Å². The monoisotopic (exact) mass is 1280 g/mol. The quantitative estimate of drug-likeness (QED) is 0.164. The SMILES string of the molecule is CC1(C)c2ccccc2N(c2nc(-c3ccccc3)c3ccccc3n2)c2c1c1cccc3c4ccccc4c2n13.c1ccc(-c2nc(N3c4ccc(-c5ccc6c(c5)c5ccccc5n6-c5ccccc5)cc4Sc4c3c3cccc5c6ccccc6c4n35)nc3ccccc23)cc1. The third kappa shape index (κ3) is 8.06. The van der Waals surface area contributed by atoms with Crippen molar-refractivity contribution in [2.45, 2.75) is 29.1 Å². The van der Waals surface area contributed by atoms with Gasteiger partial charge in [-0.15, -0.1) is 0 Å². The minimum absolute atomic E-state index is 0.226. The summed E-state index contributed by atoms with van der Waals surface area (Å²) in [6, 6.07) is 110. The Bertz CT molecular complexity index is 6690. The molecule has 0 fully saturated rings. The van der Waals surface area contributed by atoms with Crippen LogP contribution < -0.4 is 9.80 Å². The first-order chi connectivity index (χ1) is 48.9. The molecule has 0 amide bonds. The zero-order valence-corrected chi connectivity index (χ0v) is 54.7. The van der Waals surface area contributed by atoms with Gasteiger partial charge in [0, 0.05) is 75.8 Å². The van der Waals surface area contributed by atoms with Crippen molar-refractivity contribution in [3.05, 3.63) is 321 Å². The van der Waals surface area contributed by atoms with Crippen LogP contribution in [0.1, 0.15) is 25.0 Å². The summed E-state index contributed by atoms with van der Waals surface area (Å²) in [5, 5.41) is 9.57. The van der Waals surface area contributed by atoms with Crippen molar-refractivity contribution >= 4 is 145 Å². The fraction of sp³-hybridized carbons (Fsp3) is 0.0337. The first kappa shape index (κ1) is 55.6. The van der Waals surface area contributed by atoms with Gasteiger partial charge in [0.1, 0.15) is 0 Å². The molecule has 0 spiro atoms. The summed E-state index contributed by atoms with van der Waals surface area (Å²) in [5.74, 6) is 1.34. The third-order valence-corrected chi connectivity index (χ3v) is 21.9. The Balaban J connectivity index is 0.000000138. The second-order valence-corrected chi connectivity index (χ2v) is 27.5. The summed E-state index contributed by atoms with van der Waals surface area (Å²) in [6.45, 7) is 4.70. The molecule has 464 valence electrons. The lowest BCUT2D eigenvalue weighted by molar-refractivity contribution is 0.638. The average molecular weight is 1280 g/mol. The number of aromatic nitrogens is 7. The summed E-state index contributed by atoms with van der Waals surface area (Å²) in [4.78, 5) is 28.4. The predicted octanol–water partition coefficient (Wildman–Crippen LogP) is 23.4. The van der Waals surface area contributed by atoms with E-state index in [0.717, 1.165) is 77.5 Å². The Kier molecular flexibility index (Phi) is 11.9. The van der Waals surface area contributed by atoms with Crippen LogP contribution in [0.25, 0.3) is 138 Å². The summed E-state index contributed by atoms with van der Waals surface area (Å²) in [7, 11) is 0. The van der Waals surface area contributed by atoms with Crippen molar-refractivity contribution in [1.29, 1.82) is 0 Å². The van der Waals surface area contributed by atoms with E-state index in [-0.39, 0.29) is 5.41 Å². The van der Waals surface area contributed by atoms with Gasteiger partial charge in [-0.2, -0.15) is 0 Å². The van der Waals surface area contributed by atoms with E-state index in [1.54, 1.807) is 0 Å². The second kappa shape index (κ2) is 21.2. The lowest BCUT2D eigenvalue weighted by atomic mass is 9.74. The van der Waals surface area contributed by atoms with Crippen molar-refractivity contribution in [1.82, 2.24) is 33.3 Å². The number of pyridine rings is 2. The summed E-state index contributed by atoms with van der Waals surface area (Å²) >= 11 is 1.85. The average Bonchev–Trinajstić information content (AvgIpc) is 1.53. The van der Waals surface area contributed by atoms with Gasteiger partial charge in [0.05, 0.1) is 94.2 Å². The Morgan fingerprint density at radius 1 is 0.313 bits per heavy atom. The van der Waals surface area contributed by atoms with E-state index in [1.807, 2.05) is 17.8 Å². The molecule has 20 aromatic rings. The Morgan fingerprint density at radius 3 is 1.42 bits per heavy atom. The van der Waals surface area contributed by atoms with Crippen LogP contribution >= 0.6 is 11.8 Å². The highest BCUT2D eigenvalue weighted by atomic mass is 32.2. The predicted molar refractivity (Wildman–Crippen MR) is 410 cm³/mol. The molecule has 0 saturated heterocycles. The van der Waals surface area contributed by atoms with Crippen LogP contribution in [0.15, 0.2) is 319 Å². The van der Waals surface area contributed by atoms with E-state index in [4.69, 9.17) is 19.9 Å². The van der Waals surface area contributed by atoms with Crippen molar-refractivity contribution in [2.75, 3.05) is 9.80 Å². The summed E-state index contributed by atoms with van der Waals surface area (Å²) < 4.78 is 7.27. The van der Waals surface area contributed by atoms with Crippen LogP contribution in [-0.4, -0.2) is 33.3 Å². The molecule has 0 bridgehead atoms. The number of hydrogen-bond donors (Lipinski definition) is 0. The molecule has 9 nitrogen and oxygen atoms in total.